The number of nitrogens with one attached hydrogen (secondary N) is 1. The minimum absolute atomic E-state index is 0.0985. The summed E-state index contributed by atoms with van der Waals surface area (Å²) in [5.74, 6) is -1.33. The summed E-state index contributed by atoms with van der Waals surface area (Å²) in [7, 11) is 0. The average molecular weight is 249 g/mol. The van der Waals surface area contributed by atoms with Crippen LogP contribution >= 0.6 is 0 Å². The molecule has 0 aromatic heterocycles. The predicted molar refractivity (Wildman–Crippen MR) is 65.7 cm³/mol. The second kappa shape index (κ2) is 5.18. The Balaban J connectivity index is 2.22. The van der Waals surface area contributed by atoms with Crippen molar-refractivity contribution < 1.29 is 19.4 Å². The molecule has 1 fully saturated rings. The van der Waals surface area contributed by atoms with Gasteiger partial charge in [0.1, 0.15) is 6.10 Å². The molecular weight excluding hydrogens is 234 g/mol. The van der Waals surface area contributed by atoms with E-state index in [0.717, 1.165) is 12.0 Å². The number of carbonyl (C=O) groups is 2. The van der Waals surface area contributed by atoms with Gasteiger partial charge in [-0.3, -0.25) is 4.79 Å². The highest BCUT2D eigenvalue weighted by atomic mass is 16.5. The fourth-order valence-electron chi connectivity index (χ4n) is 2.00. The van der Waals surface area contributed by atoms with Crippen LogP contribution in [0.1, 0.15) is 28.8 Å². The lowest BCUT2D eigenvalue weighted by Crippen LogP contribution is -2.28. The summed E-state index contributed by atoms with van der Waals surface area (Å²) in [6, 6.07) is 4.89. The average Bonchev–Trinajstić information content (AvgIpc) is 2.85. The van der Waals surface area contributed by atoms with Crippen molar-refractivity contribution in [1.82, 2.24) is 0 Å². The van der Waals surface area contributed by atoms with Crippen molar-refractivity contribution >= 4 is 17.6 Å². The van der Waals surface area contributed by atoms with Crippen molar-refractivity contribution in [2.45, 2.75) is 25.9 Å². The van der Waals surface area contributed by atoms with E-state index in [1.165, 1.54) is 6.07 Å². The quantitative estimate of drug-likeness (QED) is 0.856. The van der Waals surface area contributed by atoms with Crippen LogP contribution in [-0.4, -0.2) is 29.7 Å². The number of aromatic carboxylic acids is 1. The van der Waals surface area contributed by atoms with E-state index in [-0.39, 0.29) is 11.5 Å². The van der Waals surface area contributed by atoms with Crippen molar-refractivity contribution in [2.75, 3.05) is 11.9 Å². The topological polar surface area (TPSA) is 75.6 Å². The van der Waals surface area contributed by atoms with E-state index in [2.05, 4.69) is 5.32 Å². The summed E-state index contributed by atoms with van der Waals surface area (Å²) in [5, 5.41) is 11.7. The Morgan fingerprint density at radius 1 is 1.44 bits per heavy atom. The van der Waals surface area contributed by atoms with Gasteiger partial charge in [-0.1, -0.05) is 12.1 Å². The van der Waals surface area contributed by atoms with Crippen LogP contribution < -0.4 is 5.32 Å². The number of para-hydroxylation sites is 1. The number of amides is 1. The van der Waals surface area contributed by atoms with E-state index in [0.29, 0.717) is 18.7 Å². The number of ether oxygens (including phenoxy) is 1. The summed E-state index contributed by atoms with van der Waals surface area (Å²) >= 11 is 0. The van der Waals surface area contributed by atoms with Crippen LogP contribution in [0.2, 0.25) is 0 Å². The molecule has 2 N–H and O–H groups in total. The maximum absolute atomic E-state index is 11.9. The largest absolute Gasteiger partial charge is 0.478 e. The van der Waals surface area contributed by atoms with Gasteiger partial charge in [0.2, 0.25) is 0 Å². The molecule has 0 radical (unpaired) electrons. The number of aryl methyl sites for hydroxylation is 1. The zero-order valence-corrected chi connectivity index (χ0v) is 10.1. The molecule has 5 heteroatoms. The van der Waals surface area contributed by atoms with Crippen LogP contribution in [0.3, 0.4) is 0 Å². The van der Waals surface area contributed by atoms with Crippen molar-refractivity contribution in [3.8, 4) is 0 Å². The van der Waals surface area contributed by atoms with Crippen LogP contribution in [0.5, 0.6) is 0 Å². The van der Waals surface area contributed by atoms with Crippen molar-refractivity contribution in [2.24, 2.45) is 0 Å². The predicted octanol–water partition coefficient (Wildman–Crippen LogP) is 1.81. The Morgan fingerprint density at radius 3 is 2.83 bits per heavy atom. The molecule has 0 saturated carbocycles. The van der Waals surface area contributed by atoms with Gasteiger partial charge >= 0.3 is 5.97 Å². The number of hydrogen-bond donors (Lipinski definition) is 2. The summed E-state index contributed by atoms with van der Waals surface area (Å²) in [6.07, 6.45) is 1.07. The highest BCUT2D eigenvalue weighted by Gasteiger charge is 2.25. The van der Waals surface area contributed by atoms with Crippen LogP contribution in [0.25, 0.3) is 0 Å². The third-order valence-corrected chi connectivity index (χ3v) is 2.97. The number of benzene rings is 1. The SMILES string of the molecule is Cc1cccc(C(=O)O)c1NC(=O)[C@H]1CCCO1. The van der Waals surface area contributed by atoms with E-state index < -0.39 is 12.1 Å². The van der Waals surface area contributed by atoms with E-state index in [9.17, 15) is 9.59 Å². The molecule has 1 aromatic carbocycles. The number of carboxylic acids is 1. The Kier molecular flexibility index (Phi) is 3.62. The van der Waals surface area contributed by atoms with Gasteiger partial charge in [0.15, 0.2) is 0 Å². The summed E-state index contributed by atoms with van der Waals surface area (Å²) in [6.45, 7) is 2.34. The number of carboxylic acid groups (broad SMARTS) is 1. The first-order chi connectivity index (χ1) is 8.59. The normalized spacial score (nSPS) is 18.6. The lowest BCUT2D eigenvalue weighted by molar-refractivity contribution is -0.124. The van der Waals surface area contributed by atoms with E-state index in [1.54, 1.807) is 19.1 Å². The molecule has 5 nitrogen and oxygen atoms in total. The van der Waals surface area contributed by atoms with Crippen molar-refractivity contribution in [3.63, 3.8) is 0 Å². The molecular formula is C13H15NO4. The monoisotopic (exact) mass is 249 g/mol. The smallest absolute Gasteiger partial charge is 0.337 e. The van der Waals surface area contributed by atoms with Gasteiger partial charge < -0.3 is 15.2 Å². The van der Waals surface area contributed by atoms with Gasteiger partial charge in [-0.15, -0.1) is 0 Å². The third-order valence-electron chi connectivity index (χ3n) is 2.97. The lowest BCUT2D eigenvalue weighted by Gasteiger charge is -2.14. The highest BCUT2D eigenvalue weighted by molar-refractivity contribution is 6.02. The number of carbonyl (C=O) groups excluding carboxylic acids is 1. The fourth-order valence-corrected chi connectivity index (χ4v) is 2.00. The molecule has 2 rings (SSSR count). The van der Waals surface area contributed by atoms with Crippen molar-refractivity contribution in [1.29, 1.82) is 0 Å². The highest BCUT2D eigenvalue weighted by Crippen LogP contribution is 2.22. The maximum Gasteiger partial charge on any atom is 0.337 e. The summed E-state index contributed by atoms with van der Waals surface area (Å²) in [4.78, 5) is 23.0. The fraction of sp³-hybridized carbons (Fsp3) is 0.385. The molecule has 1 atom stereocenters. The Hall–Kier alpha value is -1.88. The minimum atomic E-state index is -1.05. The summed E-state index contributed by atoms with van der Waals surface area (Å²) < 4.78 is 5.27. The molecule has 0 aliphatic carbocycles. The van der Waals surface area contributed by atoms with Crippen LogP contribution in [0.4, 0.5) is 5.69 Å². The van der Waals surface area contributed by atoms with Gasteiger partial charge in [-0.25, -0.2) is 4.79 Å². The molecule has 1 aliphatic heterocycles. The molecule has 1 saturated heterocycles. The lowest BCUT2D eigenvalue weighted by atomic mass is 10.1. The second-order valence-corrected chi connectivity index (χ2v) is 4.29. The van der Waals surface area contributed by atoms with Crippen LogP contribution in [-0.2, 0) is 9.53 Å². The Bertz CT molecular complexity index is 478. The standard InChI is InChI=1S/C13H15NO4/c1-8-4-2-5-9(13(16)17)11(8)14-12(15)10-6-3-7-18-10/h2,4-5,10H,3,6-7H2,1H3,(H,14,15)(H,16,17)/t10-/m1/s1. The van der Waals surface area contributed by atoms with Gasteiger partial charge in [0.05, 0.1) is 11.3 Å². The van der Waals surface area contributed by atoms with E-state index >= 15 is 0 Å². The molecule has 1 aliphatic rings. The zero-order valence-electron chi connectivity index (χ0n) is 10.1. The molecule has 0 unspecified atom stereocenters. The molecule has 0 spiro atoms. The van der Waals surface area contributed by atoms with Gasteiger partial charge in [-0.2, -0.15) is 0 Å². The van der Waals surface area contributed by atoms with E-state index in [1.807, 2.05) is 0 Å². The number of anilines is 1. The minimum Gasteiger partial charge on any atom is -0.478 e. The maximum atomic E-state index is 11.9. The molecule has 1 aromatic rings. The molecule has 1 amide bonds. The summed E-state index contributed by atoms with van der Waals surface area (Å²) in [5.41, 5.74) is 1.17. The Labute approximate surface area is 105 Å². The first kappa shape index (κ1) is 12.6. The Morgan fingerprint density at radius 2 is 2.22 bits per heavy atom. The number of rotatable bonds is 3. The van der Waals surface area contributed by atoms with Crippen LogP contribution in [0, 0.1) is 6.92 Å². The van der Waals surface area contributed by atoms with Gasteiger partial charge in [0, 0.05) is 6.61 Å². The van der Waals surface area contributed by atoms with E-state index in [4.69, 9.17) is 9.84 Å². The first-order valence-corrected chi connectivity index (χ1v) is 5.85. The number of hydrogen-bond acceptors (Lipinski definition) is 3. The molecule has 0 bridgehead atoms. The van der Waals surface area contributed by atoms with Crippen LogP contribution in [0.15, 0.2) is 18.2 Å². The third kappa shape index (κ3) is 2.51. The van der Waals surface area contributed by atoms with Crippen molar-refractivity contribution in [3.05, 3.63) is 29.3 Å². The zero-order chi connectivity index (χ0) is 13.1. The van der Waals surface area contributed by atoms with Gasteiger partial charge in [-0.05, 0) is 31.4 Å². The molecule has 1 heterocycles. The van der Waals surface area contributed by atoms with Gasteiger partial charge in [0.25, 0.3) is 5.91 Å². The second-order valence-electron chi connectivity index (χ2n) is 4.29. The molecule has 96 valence electrons. The molecule has 18 heavy (non-hydrogen) atoms. The first-order valence-electron chi connectivity index (χ1n) is 5.85.